The lowest BCUT2D eigenvalue weighted by molar-refractivity contribution is -0.128. The predicted octanol–water partition coefficient (Wildman–Crippen LogP) is 4.35. The first-order chi connectivity index (χ1) is 13.1. The normalized spacial score (nSPS) is 14.7. The molecular formula is C21H23N3OS2. The van der Waals surface area contributed by atoms with Crippen LogP contribution in [0, 0.1) is 13.8 Å². The number of piperazine rings is 1. The first-order valence-corrected chi connectivity index (χ1v) is 11.0. The van der Waals surface area contributed by atoms with E-state index in [9.17, 15) is 4.79 Å². The van der Waals surface area contributed by atoms with Crippen LogP contribution in [0.15, 0.2) is 46.8 Å². The van der Waals surface area contributed by atoms with E-state index >= 15 is 0 Å². The van der Waals surface area contributed by atoms with Crippen LogP contribution >= 0.6 is 23.1 Å². The molecule has 1 aliphatic rings. The molecular weight excluding hydrogens is 374 g/mol. The number of thiazole rings is 1. The number of anilines is 1. The molecule has 1 aromatic heterocycles. The number of aromatic nitrogens is 1. The summed E-state index contributed by atoms with van der Waals surface area (Å²) in [6, 6.07) is 14.6. The van der Waals surface area contributed by atoms with Crippen molar-refractivity contribution in [2.75, 3.05) is 36.8 Å². The number of amides is 1. The average molecular weight is 398 g/mol. The summed E-state index contributed by atoms with van der Waals surface area (Å²) >= 11 is 3.21. The van der Waals surface area contributed by atoms with Gasteiger partial charge >= 0.3 is 0 Å². The third kappa shape index (κ3) is 3.96. The number of aryl methyl sites for hydroxylation is 1. The lowest BCUT2D eigenvalue weighted by Gasteiger charge is -2.37. The van der Waals surface area contributed by atoms with E-state index in [2.05, 4.69) is 48.0 Å². The molecule has 1 aliphatic heterocycles. The van der Waals surface area contributed by atoms with Gasteiger partial charge in [0.15, 0.2) is 4.34 Å². The van der Waals surface area contributed by atoms with Gasteiger partial charge in [-0.2, -0.15) is 0 Å². The van der Waals surface area contributed by atoms with E-state index in [1.807, 2.05) is 23.1 Å². The largest absolute Gasteiger partial charge is 0.368 e. The molecule has 0 N–H and O–H groups in total. The van der Waals surface area contributed by atoms with Gasteiger partial charge in [0, 0.05) is 31.9 Å². The lowest BCUT2D eigenvalue weighted by atomic mass is 10.1. The lowest BCUT2D eigenvalue weighted by Crippen LogP contribution is -2.49. The summed E-state index contributed by atoms with van der Waals surface area (Å²) in [5.74, 6) is 0.670. The van der Waals surface area contributed by atoms with Crippen LogP contribution in [0.25, 0.3) is 10.2 Å². The Morgan fingerprint density at radius 2 is 1.85 bits per heavy atom. The predicted molar refractivity (Wildman–Crippen MR) is 115 cm³/mol. The van der Waals surface area contributed by atoms with Crippen molar-refractivity contribution in [2.45, 2.75) is 18.2 Å². The second-order valence-corrected chi connectivity index (χ2v) is 9.08. The molecule has 140 valence electrons. The molecule has 0 bridgehead atoms. The minimum Gasteiger partial charge on any atom is -0.368 e. The molecule has 4 nitrogen and oxygen atoms in total. The second-order valence-electron chi connectivity index (χ2n) is 6.82. The highest BCUT2D eigenvalue weighted by molar-refractivity contribution is 8.01. The van der Waals surface area contributed by atoms with E-state index < -0.39 is 0 Å². The van der Waals surface area contributed by atoms with E-state index in [-0.39, 0.29) is 5.91 Å². The SMILES string of the molecule is Cc1cccc(N2CCN(C(=O)CSc3nc4ccccc4s3)CC2)c1C. The number of nitrogens with zero attached hydrogens (tertiary/aromatic N) is 3. The molecule has 2 heterocycles. The van der Waals surface area contributed by atoms with Crippen molar-refractivity contribution in [3.8, 4) is 0 Å². The maximum atomic E-state index is 12.6. The monoisotopic (exact) mass is 397 g/mol. The van der Waals surface area contributed by atoms with Crippen molar-refractivity contribution >= 4 is 44.9 Å². The summed E-state index contributed by atoms with van der Waals surface area (Å²) in [6.07, 6.45) is 0. The first-order valence-electron chi connectivity index (χ1n) is 9.19. The van der Waals surface area contributed by atoms with Gasteiger partial charge in [0.25, 0.3) is 0 Å². The summed E-state index contributed by atoms with van der Waals surface area (Å²) in [7, 11) is 0. The molecule has 0 saturated carbocycles. The van der Waals surface area contributed by atoms with Gasteiger partial charge in [-0.1, -0.05) is 36.0 Å². The zero-order valence-corrected chi connectivity index (χ0v) is 17.3. The Balaban J connectivity index is 1.32. The van der Waals surface area contributed by atoms with Gasteiger partial charge in [-0.05, 0) is 43.2 Å². The van der Waals surface area contributed by atoms with E-state index in [1.165, 1.54) is 21.5 Å². The topological polar surface area (TPSA) is 36.4 Å². The summed E-state index contributed by atoms with van der Waals surface area (Å²) in [5, 5.41) is 0. The number of benzene rings is 2. The van der Waals surface area contributed by atoms with Gasteiger partial charge in [-0.25, -0.2) is 4.98 Å². The van der Waals surface area contributed by atoms with Crippen LogP contribution in [0.5, 0.6) is 0 Å². The van der Waals surface area contributed by atoms with E-state index in [1.54, 1.807) is 23.1 Å². The van der Waals surface area contributed by atoms with Gasteiger partial charge in [0.2, 0.25) is 5.91 Å². The fraction of sp³-hybridized carbons (Fsp3) is 0.333. The highest BCUT2D eigenvalue weighted by atomic mass is 32.2. The Morgan fingerprint density at radius 3 is 2.63 bits per heavy atom. The van der Waals surface area contributed by atoms with Crippen molar-refractivity contribution in [3.05, 3.63) is 53.6 Å². The molecule has 0 aliphatic carbocycles. The summed E-state index contributed by atoms with van der Waals surface area (Å²) in [6.45, 7) is 7.68. The summed E-state index contributed by atoms with van der Waals surface area (Å²) in [5.41, 5.74) is 4.97. The van der Waals surface area contributed by atoms with Crippen LogP contribution in [-0.2, 0) is 4.79 Å². The van der Waals surface area contributed by atoms with E-state index in [0.717, 1.165) is 36.0 Å². The van der Waals surface area contributed by atoms with Crippen LogP contribution in [-0.4, -0.2) is 47.7 Å². The second kappa shape index (κ2) is 7.90. The number of fused-ring (bicyclic) bond motifs is 1. The Bertz CT molecular complexity index is 928. The molecule has 1 amide bonds. The standard InChI is InChI=1S/C21H23N3OS2/c1-15-6-5-8-18(16(15)2)23-10-12-24(13-11-23)20(25)14-26-21-22-17-7-3-4-9-19(17)27-21/h3-9H,10-14H2,1-2H3. The zero-order chi connectivity index (χ0) is 18.8. The Morgan fingerprint density at radius 1 is 1.07 bits per heavy atom. The summed E-state index contributed by atoms with van der Waals surface area (Å²) < 4.78 is 2.15. The molecule has 0 unspecified atom stereocenters. The number of para-hydroxylation sites is 1. The number of hydrogen-bond acceptors (Lipinski definition) is 5. The van der Waals surface area contributed by atoms with Crippen LogP contribution in [0.1, 0.15) is 11.1 Å². The van der Waals surface area contributed by atoms with Crippen molar-refractivity contribution in [1.82, 2.24) is 9.88 Å². The third-order valence-corrected chi connectivity index (χ3v) is 7.31. The summed E-state index contributed by atoms with van der Waals surface area (Å²) in [4.78, 5) is 21.6. The molecule has 2 aromatic carbocycles. The maximum absolute atomic E-state index is 12.6. The highest BCUT2D eigenvalue weighted by Gasteiger charge is 2.22. The minimum absolute atomic E-state index is 0.208. The minimum atomic E-state index is 0.208. The van der Waals surface area contributed by atoms with Gasteiger partial charge in [-0.15, -0.1) is 11.3 Å². The zero-order valence-electron chi connectivity index (χ0n) is 15.6. The molecule has 0 radical (unpaired) electrons. The van der Waals surface area contributed by atoms with Crippen LogP contribution in [0.3, 0.4) is 0 Å². The Kier molecular flexibility index (Phi) is 5.36. The number of rotatable bonds is 4. The molecule has 0 spiro atoms. The van der Waals surface area contributed by atoms with Crippen molar-refractivity contribution < 1.29 is 4.79 Å². The van der Waals surface area contributed by atoms with Gasteiger partial charge < -0.3 is 9.80 Å². The quantitative estimate of drug-likeness (QED) is 0.613. The Labute approximate surface area is 168 Å². The molecule has 27 heavy (non-hydrogen) atoms. The van der Waals surface area contributed by atoms with Crippen molar-refractivity contribution in [3.63, 3.8) is 0 Å². The molecule has 3 aromatic rings. The van der Waals surface area contributed by atoms with Crippen LogP contribution in [0.2, 0.25) is 0 Å². The van der Waals surface area contributed by atoms with Gasteiger partial charge in [0.1, 0.15) is 0 Å². The number of hydrogen-bond donors (Lipinski definition) is 0. The van der Waals surface area contributed by atoms with Gasteiger partial charge in [0.05, 0.1) is 16.0 Å². The third-order valence-electron chi connectivity index (χ3n) is 5.14. The fourth-order valence-corrected chi connectivity index (χ4v) is 5.37. The molecule has 1 fully saturated rings. The van der Waals surface area contributed by atoms with Gasteiger partial charge in [-0.3, -0.25) is 4.79 Å². The molecule has 1 saturated heterocycles. The molecule has 4 rings (SSSR count). The smallest absolute Gasteiger partial charge is 0.233 e. The van der Waals surface area contributed by atoms with E-state index in [0.29, 0.717) is 5.75 Å². The number of carbonyl (C=O) groups excluding carboxylic acids is 1. The highest BCUT2D eigenvalue weighted by Crippen LogP contribution is 2.29. The first kappa shape index (κ1) is 18.3. The Hall–Kier alpha value is -2.05. The van der Waals surface area contributed by atoms with E-state index in [4.69, 9.17) is 0 Å². The number of carbonyl (C=O) groups is 1. The van der Waals surface area contributed by atoms with Crippen molar-refractivity contribution in [2.24, 2.45) is 0 Å². The molecule has 6 heteroatoms. The van der Waals surface area contributed by atoms with Crippen LogP contribution < -0.4 is 4.90 Å². The average Bonchev–Trinajstić information content (AvgIpc) is 3.11. The maximum Gasteiger partial charge on any atom is 0.233 e. The van der Waals surface area contributed by atoms with Crippen LogP contribution in [0.4, 0.5) is 5.69 Å². The number of thioether (sulfide) groups is 1. The molecule has 0 atom stereocenters. The van der Waals surface area contributed by atoms with Crippen molar-refractivity contribution in [1.29, 1.82) is 0 Å². The fourth-order valence-electron chi connectivity index (χ4n) is 3.40.